The molecule has 5 nitrogen and oxygen atoms in total. The molecule has 1 aliphatic rings. The molecule has 5 heteroatoms. The fourth-order valence-electron chi connectivity index (χ4n) is 2.30. The van der Waals surface area contributed by atoms with Crippen molar-refractivity contribution < 1.29 is 0 Å². The van der Waals surface area contributed by atoms with E-state index in [-0.39, 0.29) is 11.6 Å². The molecule has 1 fully saturated rings. The first-order chi connectivity index (χ1) is 8.66. The second-order valence-electron chi connectivity index (χ2n) is 5.09. The van der Waals surface area contributed by atoms with E-state index >= 15 is 0 Å². The van der Waals surface area contributed by atoms with Gasteiger partial charge in [0.15, 0.2) is 0 Å². The van der Waals surface area contributed by atoms with Gasteiger partial charge in [-0.2, -0.15) is 5.10 Å². The number of anilines is 1. The minimum atomic E-state index is -0.0101. The van der Waals surface area contributed by atoms with Gasteiger partial charge in [0.2, 0.25) is 0 Å². The smallest absolute Gasteiger partial charge is 0.268 e. The Morgan fingerprint density at radius 1 is 1.44 bits per heavy atom. The first-order valence-electron chi connectivity index (χ1n) is 6.74. The van der Waals surface area contributed by atoms with Crippen molar-refractivity contribution in [3.8, 4) is 0 Å². The molecule has 1 aliphatic heterocycles. The van der Waals surface area contributed by atoms with Crippen LogP contribution in [0.5, 0.6) is 0 Å². The zero-order valence-electron chi connectivity index (χ0n) is 11.0. The summed E-state index contributed by atoms with van der Waals surface area (Å²) in [5.74, 6) is 0. The summed E-state index contributed by atoms with van der Waals surface area (Å²) in [4.78, 5) is 14.1. The van der Waals surface area contributed by atoms with E-state index in [4.69, 9.17) is 5.73 Å². The van der Waals surface area contributed by atoms with E-state index in [2.05, 4.69) is 10.00 Å². The molecule has 0 radical (unpaired) electrons. The summed E-state index contributed by atoms with van der Waals surface area (Å²) in [6, 6.07) is 1.88. The van der Waals surface area contributed by atoms with Crippen LogP contribution in [0.15, 0.2) is 17.1 Å². The van der Waals surface area contributed by atoms with Crippen LogP contribution in [0.4, 0.5) is 5.69 Å². The number of aryl methyl sites for hydroxylation is 1. The minimum absolute atomic E-state index is 0.0101. The van der Waals surface area contributed by atoms with Crippen molar-refractivity contribution in [2.75, 3.05) is 18.0 Å². The van der Waals surface area contributed by atoms with Gasteiger partial charge < -0.3 is 10.6 Å². The van der Waals surface area contributed by atoms with Crippen LogP contribution < -0.4 is 16.2 Å². The van der Waals surface area contributed by atoms with E-state index in [0.29, 0.717) is 6.54 Å². The lowest BCUT2D eigenvalue weighted by molar-refractivity contribution is 0.506. The lowest BCUT2D eigenvalue weighted by Gasteiger charge is -2.17. The zero-order chi connectivity index (χ0) is 13.0. The molecule has 18 heavy (non-hydrogen) atoms. The summed E-state index contributed by atoms with van der Waals surface area (Å²) in [6.07, 6.45) is 6.03. The van der Waals surface area contributed by atoms with Crippen molar-refractivity contribution in [2.24, 2.45) is 5.73 Å². The Morgan fingerprint density at radius 3 is 2.78 bits per heavy atom. The number of nitrogens with zero attached hydrogens (tertiary/aromatic N) is 3. The number of hydrogen-bond acceptors (Lipinski definition) is 4. The average Bonchev–Trinajstić information content (AvgIpc) is 2.84. The van der Waals surface area contributed by atoms with Crippen molar-refractivity contribution in [2.45, 2.75) is 45.2 Å². The second-order valence-corrected chi connectivity index (χ2v) is 5.09. The van der Waals surface area contributed by atoms with E-state index in [1.54, 1.807) is 12.3 Å². The van der Waals surface area contributed by atoms with E-state index < -0.39 is 0 Å². The van der Waals surface area contributed by atoms with E-state index in [1.165, 1.54) is 17.5 Å². The predicted octanol–water partition coefficient (Wildman–Crippen LogP) is 0.971. The Balaban J connectivity index is 1.98. The molecule has 0 aromatic carbocycles. The van der Waals surface area contributed by atoms with Gasteiger partial charge in [-0.1, -0.05) is 0 Å². The summed E-state index contributed by atoms with van der Waals surface area (Å²) in [5.41, 5.74) is 6.64. The first-order valence-corrected chi connectivity index (χ1v) is 6.74. The molecule has 0 aliphatic carbocycles. The maximum absolute atomic E-state index is 11.9. The highest BCUT2D eigenvalue weighted by Gasteiger charge is 2.13. The molecule has 100 valence electrons. The molecule has 2 heterocycles. The molecular weight excluding hydrogens is 228 g/mol. The van der Waals surface area contributed by atoms with Crippen molar-refractivity contribution in [3.05, 3.63) is 22.6 Å². The second kappa shape index (κ2) is 6.00. The number of rotatable bonds is 5. The summed E-state index contributed by atoms with van der Waals surface area (Å²) in [6.45, 7) is 4.71. The van der Waals surface area contributed by atoms with Crippen LogP contribution in [0.3, 0.4) is 0 Å². The summed E-state index contributed by atoms with van der Waals surface area (Å²) in [7, 11) is 0. The van der Waals surface area contributed by atoms with Gasteiger partial charge in [-0.25, -0.2) is 4.68 Å². The highest BCUT2D eigenvalue weighted by molar-refractivity contribution is 5.43. The maximum Gasteiger partial charge on any atom is 0.268 e. The van der Waals surface area contributed by atoms with Crippen LogP contribution in [-0.2, 0) is 6.54 Å². The monoisotopic (exact) mass is 250 g/mol. The summed E-state index contributed by atoms with van der Waals surface area (Å²) >= 11 is 0. The van der Waals surface area contributed by atoms with Crippen molar-refractivity contribution in [1.82, 2.24) is 9.78 Å². The summed E-state index contributed by atoms with van der Waals surface area (Å²) < 4.78 is 1.53. The highest BCUT2D eigenvalue weighted by atomic mass is 16.1. The topological polar surface area (TPSA) is 64.2 Å². The fourth-order valence-corrected chi connectivity index (χ4v) is 2.30. The molecule has 1 aromatic rings. The minimum Gasteiger partial charge on any atom is -0.370 e. The molecule has 2 N–H and O–H groups in total. The average molecular weight is 250 g/mol. The third-order valence-corrected chi connectivity index (χ3v) is 3.36. The Morgan fingerprint density at radius 2 is 2.17 bits per heavy atom. The van der Waals surface area contributed by atoms with Crippen LogP contribution in [-0.4, -0.2) is 28.9 Å². The maximum atomic E-state index is 11.9. The van der Waals surface area contributed by atoms with Gasteiger partial charge in [-0.3, -0.25) is 4.79 Å². The molecule has 1 saturated heterocycles. The number of aromatic nitrogens is 2. The Hall–Kier alpha value is -1.36. The predicted molar refractivity (Wildman–Crippen MR) is 72.8 cm³/mol. The molecule has 1 aromatic heterocycles. The van der Waals surface area contributed by atoms with Crippen LogP contribution >= 0.6 is 0 Å². The molecule has 0 bridgehead atoms. The number of nitrogens with two attached hydrogens (primary N) is 1. The molecule has 0 amide bonds. The molecule has 2 rings (SSSR count). The molecule has 0 saturated carbocycles. The van der Waals surface area contributed by atoms with E-state index in [0.717, 1.165) is 31.6 Å². The quantitative estimate of drug-likeness (QED) is 0.846. The van der Waals surface area contributed by atoms with Crippen LogP contribution in [0, 0.1) is 0 Å². The van der Waals surface area contributed by atoms with Crippen LogP contribution in [0.25, 0.3) is 0 Å². The normalized spacial score (nSPS) is 17.1. The van der Waals surface area contributed by atoms with Gasteiger partial charge in [-0.15, -0.1) is 0 Å². The van der Waals surface area contributed by atoms with Crippen LogP contribution in [0.2, 0.25) is 0 Å². The Bertz CT molecular complexity index is 435. The van der Waals surface area contributed by atoms with Crippen molar-refractivity contribution in [1.29, 1.82) is 0 Å². The zero-order valence-corrected chi connectivity index (χ0v) is 11.0. The molecular formula is C13H22N4O. The molecule has 1 unspecified atom stereocenters. The fraction of sp³-hybridized carbons (Fsp3) is 0.692. The Labute approximate surface area is 108 Å². The standard InChI is InChI=1S/C13H22N4O/c1-11(14)5-4-8-17-13(18)9-12(10-15-17)16-6-2-3-7-16/h9-11H,2-8,14H2,1H3. The lowest BCUT2D eigenvalue weighted by Crippen LogP contribution is -2.26. The third kappa shape index (κ3) is 3.32. The third-order valence-electron chi connectivity index (χ3n) is 3.36. The van der Waals surface area contributed by atoms with Gasteiger partial charge in [-0.05, 0) is 32.6 Å². The number of hydrogen-bond donors (Lipinski definition) is 1. The van der Waals surface area contributed by atoms with Gasteiger partial charge in [0.1, 0.15) is 0 Å². The first kappa shape index (κ1) is 13.1. The highest BCUT2D eigenvalue weighted by Crippen LogP contribution is 2.16. The molecule has 0 spiro atoms. The lowest BCUT2D eigenvalue weighted by atomic mass is 10.2. The Kier molecular flexibility index (Phi) is 4.36. The van der Waals surface area contributed by atoms with E-state index in [1.807, 2.05) is 6.92 Å². The largest absolute Gasteiger partial charge is 0.370 e. The molecule has 1 atom stereocenters. The van der Waals surface area contributed by atoms with E-state index in [9.17, 15) is 4.79 Å². The SMILES string of the molecule is CC(N)CCCn1ncc(N2CCCC2)cc1=O. The van der Waals surface area contributed by atoms with Crippen molar-refractivity contribution >= 4 is 5.69 Å². The van der Waals surface area contributed by atoms with Gasteiger partial charge in [0.05, 0.1) is 11.9 Å². The summed E-state index contributed by atoms with van der Waals surface area (Å²) in [5, 5.41) is 4.24. The van der Waals surface area contributed by atoms with Gasteiger partial charge >= 0.3 is 0 Å². The van der Waals surface area contributed by atoms with Crippen LogP contribution in [0.1, 0.15) is 32.6 Å². The van der Waals surface area contributed by atoms with Gasteiger partial charge in [0.25, 0.3) is 5.56 Å². The van der Waals surface area contributed by atoms with Gasteiger partial charge in [0, 0.05) is 31.7 Å². The van der Waals surface area contributed by atoms with Crippen molar-refractivity contribution in [3.63, 3.8) is 0 Å².